The van der Waals surface area contributed by atoms with Crippen LogP contribution in [0.5, 0.6) is 0 Å². The summed E-state index contributed by atoms with van der Waals surface area (Å²) >= 11 is 1.32. The second kappa shape index (κ2) is 6.90. The molecule has 0 radical (unpaired) electrons. The molecule has 1 aliphatic heterocycles. The van der Waals surface area contributed by atoms with Crippen molar-refractivity contribution in [3.8, 4) is 0 Å². The molecule has 0 atom stereocenters. The summed E-state index contributed by atoms with van der Waals surface area (Å²) in [5.74, 6) is 0.726. The highest BCUT2D eigenvalue weighted by molar-refractivity contribution is 7.18. The summed E-state index contributed by atoms with van der Waals surface area (Å²) in [4.78, 5) is 16.9. The number of hydrogen-bond donors (Lipinski definition) is 4. The maximum Gasteiger partial charge on any atom is 0.265 e. The summed E-state index contributed by atoms with van der Waals surface area (Å²) in [6.45, 7) is 6.96. The Hall–Kier alpha value is -1.34. The van der Waals surface area contributed by atoms with Crippen molar-refractivity contribution >= 4 is 28.2 Å². The van der Waals surface area contributed by atoms with Crippen LogP contribution in [0.4, 0.5) is 10.9 Å². The highest BCUT2D eigenvalue weighted by Gasteiger charge is 2.20. The van der Waals surface area contributed by atoms with Crippen LogP contribution < -0.4 is 21.7 Å². The van der Waals surface area contributed by atoms with Gasteiger partial charge in [0.05, 0.1) is 0 Å². The standard InChI is InChI=1S/C13H23N5OS/c1-8(2)7-16-13-18-11(14)10(20-13)12(19)17-9-3-5-15-6-4-9/h8-9,15H,3-7,14H2,1-2H3,(H,16,18)(H,17,19). The zero-order chi connectivity index (χ0) is 14.5. The Morgan fingerprint density at radius 2 is 2.20 bits per heavy atom. The molecule has 1 aromatic heterocycles. The molecular weight excluding hydrogens is 274 g/mol. The molecule has 6 nitrogen and oxygen atoms in total. The van der Waals surface area contributed by atoms with Gasteiger partial charge >= 0.3 is 0 Å². The molecule has 0 bridgehead atoms. The van der Waals surface area contributed by atoms with E-state index in [1.54, 1.807) is 0 Å². The number of amides is 1. The van der Waals surface area contributed by atoms with E-state index in [9.17, 15) is 4.79 Å². The second-order valence-corrected chi connectivity index (χ2v) is 6.50. The average molecular weight is 297 g/mol. The van der Waals surface area contributed by atoms with E-state index in [1.807, 2.05) is 0 Å². The minimum atomic E-state index is -0.107. The quantitative estimate of drug-likeness (QED) is 0.657. The van der Waals surface area contributed by atoms with Crippen LogP contribution in [0.15, 0.2) is 0 Å². The first-order valence-electron chi connectivity index (χ1n) is 7.08. The number of nitrogens with two attached hydrogens (primary N) is 1. The highest BCUT2D eigenvalue weighted by Crippen LogP contribution is 2.25. The van der Waals surface area contributed by atoms with Crippen molar-refractivity contribution in [2.24, 2.45) is 5.92 Å². The lowest BCUT2D eigenvalue weighted by molar-refractivity contribution is 0.0934. The van der Waals surface area contributed by atoms with Crippen molar-refractivity contribution in [2.75, 3.05) is 30.7 Å². The van der Waals surface area contributed by atoms with E-state index >= 15 is 0 Å². The largest absolute Gasteiger partial charge is 0.382 e. The topological polar surface area (TPSA) is 92.1 Å². The molecule has 7 heteroatoms. The lowest BCUT2D eigenvalue weighted by Gasteiger charge is -2.23. The minimum Gasteiger partial charge on any atom is -0.382 e. The van der Waals surface area contributed by atoms with Crippen LogP contribution in [0.1, 0.15) is 36.4 Å². The number of carbonyl (C=O) groups excluding carboxylic acids is 1. The van der Waals surface area contributed by atoms with Crippen molar-refractivity contribution in [1.82, 2.24) is 15.6 Å². The van der Waals surface area contributed by atoms with Gasteiger partial charge in [0.2, 0.25) is 0 Å². The van der Waals surface area contributed by atoms with E-state index in [0.29, 0.717) is 21.7 Å². The van der Waals surface area contributed by atoms with Crippen molar-refractivity contribution in [3.05, 3.63) is 4.88 Å². The summed E-state index contributed by atoms with van der Waals surface area (Å²) in [6.07, 6.45) is 1.92. The first-order chi connectivity index (χ1) is 9.56. The average Bonchev–Trinajstić information content (AvgIpc) is 2.79. The molecular formula is C13H23N5OS. The van der Waals surface area contributed by atoms with Crippen LogP contribution in [0.3, 0.4) is 0 Å². The summed E-state index contributed by atoms with van der Waals surface area (Å²) < 4.78 is 0. The van der Waals surface area contributed by atoms with Gasteiger partial charge in [-0.05, 0) is 31.8 Å². The highest BCUT2D eigenvalue weighted by atomic mass is 32.1. The van der Waals surface area contributed by atoms with Gasteiger partial charge in [-0.1, -0.05) is 25.2 Å². The molecule has 2 heterocycles. The van der Waals surface area contributed by atoms with Gasteiger partial charge in [-0.15, -0.1) is 0 Å². The summed E-state index contributed by atoms with van der Waals surface area (Å²) in [5, 5.41) is 10.2. The Bertz CT molecular complexity index is 454. The molecule has 1 saturated heterocycles. The van der Waals surface area contributed by atoms with Crippen LogP contribution in [0.2, 0.25) is 0 Å². The third-order valence-corrected chi connectivity index (χ3v) is 4.22. The Morgan fingerprint density at radius 3 is 2.85 bits per heavy atom. The van der Waals surface area contributed by atoms with Crippen molar-refractivity contribution in [1.29, 1.82) is 0 Å². The summed E-state index contributed by atoms with van der Waals surface area (Å²) in [6, 6.07) is 0.234. The van der Waals surface area contributed by atoms with Gasteiger partial charge in [0.25, 0.3) is 5.91 Å². The number of anilines is 2. The third-order valence-electron chi connectivity index (χ3n) is 3.20. The molecule has 112 valence electrons. The third kappa shape index (κ3) is 4.08. The van der Waals surface area contributed by atoms with Gasteiger partial charge in [0, 0.05) is 12.6 Å². The van der Waals surface area contributed by atoms with E-state index in [2.05, 4.69) is 34.8 Å². The smallest absolute Gasteiger partial charge is 0.265 e. The molecule has 1 fully saturated rings. The zero-order valence-corrected chi connectivity index (χ0v) is 12.8. The normalized spacial score (nSPS) is 16.4. The monoisotopic (exact) mass is 297 g/mol. The van der Waals surface area contributed by atoms with Crippen molar-refractivity contribution < 1.29 is 4.79 Å². The Labute approximate surface area is 123 Å². The summed E-state index contributed by atoms with van der Waals surface area (Å²) in [7, 11) is 0. The molecule has 1 amide bonds. The number of aromatic nitrogens is 1. The number of piperidine rings is 1. The fourth-order valence-electron chi connectivity index (χ4n) is 2.08. The van der Waals surface area contributed by atoms with Crippen LogP contribution in [0, 0.1) is 5.92 Å². The van der Waals surface area contributed by atoms with E-state index in [4.69, 9.17) is 5.73 Å². The number of thiazole rings is 1. The maximum atomic E-state index is 12.2. The maximum absolute atomic E-state index is 12.2. The van der Waals surface area contributed by atoms with Crippen LogP contribution >= 0.6 is 11.3 Å². The number of nitrogens with one attached hydrogen (secondary N) is 3. The second-order valence-electron chi connectivity index (χ2n) is 5.51. The fraction of sp³-hybridized carbons (Fsp3) is 0.692. The first-order valence-corrected chi connectivity index (χ1v) is 7.89. The number of hydrogen-bond acceptors (Lipinski definition) is 6. The molecule has 20 heavy (non-hydrogen) atoms. The molecule has 0 spiro atoms. The van der Waals surface area contributed by atoms with Crippen LogP contribution in [-0.2, 0) is 0 Å². The van der Waals surface area contributed by atoms with Gasteiger partial charge in [-0.25, -0.2) is 4.98 Å². The van der Waals surface area contributed by atoms with E-state index < -0.39 is 0 Å². The van der Waals surface area contributed by atoms with Gasteiger partial charge < -0.3 is 21.7 Å². The van der Waals surface area contributed by atoms with Gasteiger partial charge in [0.1, 0.15) is 10.7 Å². The zero-order valence-electron chi connectivity index (χ0n) is 12.0. The molecule has 0 unspecified atom stereocenters. The predicted octanol–water partition coefficient (Wildman–Crippen LogP) is 1.27. The molecule has 0 aliphatic carbocycles. The first kappa shape index (κ1) is 15.1. The Balaban J connectivity index is 1.94. The number of nitrogens with zero attached hydrogens (tertiary/aromatic N) is 1. The van der Waals surface area contributed by atoms with Crippen LogP contribution in [0.25, 0.3) is 0 Å². The van der Waals surface area contributed by atoms with Gasteiger partial charge in [-0.2, -0.15) is 0 Å². The van der Waals surface area contributed by atoms with E-state index in [0.717, 1.165) is 32.5 Å². The molecule has 1 aliphatic rings. The molecule has 0 aromatic carbocycles. The van der Waals surface area contributed by atoms with Crippen molar-refractivity contribution in [2.45, 2.75) is 32.7 Å². The lowest BCUT2D eigenvalue weighted by Crippen LogP contribution is -2.42. The minimum absolute atomic E-state index is 0.107. The Kier molecular flexibility index (Phi) is 5.19. The Morgan fingerprint density at radius 1 is 1.50 bits per heavy atom. The van der Waals surface area contributed by atoms with E-state index in [-0.39, 0.29) is 11.9 Å². The molecule has 5 N–H and O–H groups in total. The number of nitrogen functional groups attached to an aromatic ring is 1. The lowest BCUT2D eigenvalue weighted by atomic mass is 10.1. The summed E-state index contributed by atoms with van der Waals surface area (Å²) in [5.41, 5.74) is 5.84. The number of rotatable bonds is 5. The molecule has 1 aromatic rings. The van der Waals surface area contributed by atoms with Gasteiger partial charge in [-0.3, -0.25) is 4.79 Å². The predicted molar refractivity (Wildman–Crippen MR) is 83.2 cm³/mol. The molecule has 0 saturated carbocycles. The SMILES string of the molecule is CC(C)CNc1nc(N)c(C(=O)NC2CCNCC2)s1. The van der Waals surface area contributed by atoms with Crippen LogP contribution in [-0.4, -0.2) is 36.6 Å². The number of carbonyl (C=O) groups is 1. The van der Waals surface area contributed by atoms with Crippen molar-refractivity contribution in [3.63, 3.8) is 0 Å². The molecule has 2 rings (SSSR count). The fourth-order valence-corrected chi connectivity index (χ4v) is 2.87. The van der Waals surface area contributed by atoms with E-state index in [1.165, 1.54) is 11.3 Å². The van der Waals surface area contributed by atoms with Gasteiger partial charge in [0.15, 0.2) is 5.13 Å².